The Bertz CT molecular complexity index is 1520. The quantitative estimate of drug-likeness (QED) is 0.413. The maximum absolute atomic E-state index is 13.7. The normalized spacial score (nSPS) is 11.3. The molecule has 0 radical (unpaired) electrons. The summed E-state index contributed by atoms with van der Waals surface area (Å²) in [6.07, 6.45) is 5.80. The van der Waals surface area contributed by atoms with Gasteiger partial charge in [0.2, 0.25) is 0 Å². The maximum Gasteiger partial charge on any atom is 0.434 e. The van der Waals surface area contributed by atoms with E-state index < -0.39 is 6.09 Å². The summed E-state index contributed by atoms with van der Waals surface area (Å²) in [7, 11) is 0. The summed E-state index contributed by atoms with van der Waals surface area (Å²) >= 11 is 0. The van der Waals surface area contributed by atoms with Gasteiger partial charge in [-0.15, -0.1) is 0 Å². The number of nitrogens with zero attached hydrogens (tertiary/aromatic N) is 6. The molecular weight excluding hydrogens is 437 g/mol. The topological polar surface area (TPSA) is 111 Å². The van der Waals surface area contributed by atoms with E-state index >= 15 is 0 Å². The molecule has 0 bridgehead atoms. The van der Waals surface area contributed by atoms with E-state index in [2.05, 4.69) is 25.3 Å². The summed E-state index contributed by atoms with van der Waals surface area (Å²) in [5.41, 5.74) is 5.63. The number of fused-ring (bicyclic) bond motifs is 1. The number of halogens is 1. The van der Waals surface area contributed by atoms with Crippen LogP contribution in [0.25, 0.3) is 44.8 Å². The maximum atomic E-state index is 13.7. The van der Waals surface area contributed by atoms with Crippen molar-refractivity contribution in [1.82, 2.24) is 34.9 Å². The zero-order valence-electron chi connectivity index (χ0n) is 18.7. The second kappa shape index (κ2) is 8.47. The van der Waals surface area contributed by atoms with Crippen LogP contribution in [-0.2, 0) is 4.74 Å². The van der Waals surface area contributed by atoms with Gasteiger partial charge in [0.1, 0.15) is 11.5 Å². The Morgan fingerprint density at radius 3 is 2.68 bits per heavy atom. The Morgan fingerprint density at radius 2 is 1.88 bits per heavy atom. The molecule has 5 aromatic rings. The van der Waals surface area contributed by atoms with Gasteiger partial charge in [-0.3, -0.25) is 10.1 Å². The number of H-pyrrole nitrogens is 1. The number of rotatable bonds is 4. The third-order valence-corrected chi connectivity index (χ3v) is 5.16. The summed E-state index contributed by atoms with van der Waals surface area (Å²) in [4.78, 5) is 25.7. The molecule has 34 heavy (non-hydrogen) atoms. The lowest BCUT2D eigenvalue weighted by Gasteiger charge is -2.06. The highest BCUT2D eigenvalue weighted by Gasteiger charge is 2.16. The Labute approximate surface area is 193 Å². The average molecular weight is 457 g/mol. The first-order chi connectivity index (χ1) is 16.4. The molecule has 170 valence electrons. The van der Waals surface area contributed by atoms with Crippen molar-refractivity contribution in [3.63, 3.8) is 0 Å². The molecule has 0 saturated heterocycles. The number of aromatic amines is 1. The Hall–Kier alpha value is -4.47. The lowest BCUT2D eigenvalue weighted by Crippen LogP contribution is -2.18. The van der Waals surface area contributed by atoms with Gasteiger partial charge >= 0.3 is 6.09 Å². The Morgan fingerprint density at radius 1 is 1.06 bits per heavy atom. The minimum Gasteiger partial charge on any atom is -0.445 e. The first-order valence-electron chi connectivity index (χ1n) is 10.6. The third kappa shape index (κ3) is 4.01. The number of carbonyl (C=O) groups excluding carboxylic acids is 1. The van der Waals surface area contributed by atoms with Gasteiger partial charge in [-0.1, -0.05) is 0 Å². The van der Waals surface area contributed by atoms with Gasteiger partial charge in [0.15, 0.2) is 0 Å². The standard InChI is InChI=1S/C24H20FN7O2/c1-13(2)34-24(33)32-12-16(10-28-32)15-8-22-20(26-9-15)7-6-19(30-22)17-11-27-31-23(17)21-5-4-18(25)14(3)29-21/h4-13H,1-3H3,(H,27,31). The number of aryl methyl sites for hydroxylation is 1. The second-order valence-corrected chi connectivity index (χ2v) is 7.98. The number of hydrogen-bond acceptors (Lipinski definition) is 7. The molecule has 10 heteroatoms. The van der Waals surface area contributed by atoms with Crippen LogP contribution in [0.1, 0.15) is 19.5 Å². The van der Waals surface area contributed by atoms with Crippen LogP contribution in [0.15, 0.2) is 55.1 Å². The number of hydrogen-bond donors (Lipinski definition) is 1. The van der Waals surface area contributed by atoms with Crippen LogP contribution in [0.2, 0.25) is 0 Å². The smallest absolute Gasteiger partial charge is 0.434 e. The van der Waals surface area contributed by atoms with Gasteiger partial charge in [0.05, 0.1) is 40.4 Å². The molecule has 5 heterocycles. The number of nitrogens with one attached hydrogen (secondary N) is 1. The van der Waals surface area contributed by atoms with E-state index in [1.54, 1.807) is 51.6 Å². The van der Waals surface area contributed by atoms with Crippen molar-refractivity contribution in [1.29, 1.82) is 0 Å². The summed E-state index contributed by atoms with van der Waals surface area (Å²) in [5.74, 6) is -0.371. The van der Waals surface area contributed by atoms with E-state index in [1.807, 2.05) is 18.2 Å². The highest BCUT2D eigenvalue weighted by atomic mass is 19.1. The minimum atomic E-state index is -0.549. The van der Waals surface area contributed by atoms with Crippen molar-refractivity contribution in [2.24, 2.45) is 0 Å². The predicted molar refractivity (Wildman–Crippen MR) is 123 cm³/mol. The van der Waals surface area contributed by atoms with Crippen molar-refractivity contribution < 1.29 is 13.9 Å². The summed E-state index contributed by atoms with van der Waals surface area (Å²) in [6.45, 7) is 5.16. The van der Waals surface area contributed by atoms with Crippen LogP contribution in [0.5, 0.6) is 0 Å². The van der Waals surface area contributed by atoms with E-state index in [4.69, 9.17) is 9.72 Å². The molecule has 0 amide bonds. The summed E-state index contributed by atoms with van der Waals surface area (Å²) < 4.78 is 20.0. The van der Waals surface area contributed by atoms with Crippen LogP contribution in [0.3, 0.4) is 0 Å². The fourth-order valence-electron chi connectivity index (χ4n) is 3.50. The number of aromatic nitrogens is 7. The van der Waals surface area contributed by atoms with Crippen molar-refractivity contribution >= 4 is 17.1 Å². The summed E-state index contributed by atoms with van der Waals surface area (Å²) in [5, 5.41) is 11.2. The van der Waals surface area contributed by atoms with Crippen molar-refractivity contribution in [2.75, 3.05) is 0 Å². The third-order valence-electron chi connectivity index (χ3n) is 5.16. The molecule has 5 rings (SSSR count). The Balaban J connectivity index is 1.51. The first kappa shape index (κ1) is 21.4. The van der Waals surface area contributed by atoms with Crippen LogP contribution < -0.4 is 0 Å². The molecule has 0 atom stereocenters. The molecule has 0 fully saturated rings. The number of pyridine rings is 3. The average Bonchev–Trinajstić information content (AvgIpc) is 3.50. The molecule has 0 saturated carbocycles. The van der Waals surface area contributed by atoms with Crippen molar-refractivity contribution in [3.8, 4) is 33.8 Å². The molecule has 0 aliphatic heterocycles. The van der Waals surface area contributed by atoms with Crippen molar-refractivity contribution in [2.45, 2.75) is 26.9 Å². The molecule has 0 unspecified atom stereocenters. The molecule has 0 spiro atoms. The fourth-order valence-corrected chi connectivity index (χ4v) is 3.50. The van der Waals surface area contributed by atoms with Crippen LogP contribution in [-0.4, -0.2) is 47.1 Å². The van der Waals surface area contributed by atoms with E-state index in [0.717, 1.165) is 15.8 Å². The van der Waals surface area contributed by atoms with E-state index in [9.17, 15) is 9.18 Å². The van der Waals surface area contributed by atoms with Gasteiger partial charge in [0.25, 0.3) is 0 Å². The first-order valence-corrected chi connectivity index (χ1v) is 10.6. The SMILES string of the molecule is Cc1nc(-c2n[nH]cc2-c2ccc3ncc(-c4cnn(C(=O)OC(C)C)c4)cc3n2)ccc1F. The molecule has 1 N–H and O–H groups in total. The highest BCUT2D eigenvalue weighted by molar-refractivity contribution is 5.85. The molecule has 0 aromatic carbocycles. The number of carbonyl (C=O) groups is 1. The summed E-state index contributed by atoms with van der Waals surface area (Å²) in [6, 6.07) is 8.55. The predicted octanol–water partition coefficient (Wildman–Crippen LogP) is 4.79. The van der Waals surface area contributed by atoms with E-state index in [-0.39, 0.29) is 11.9 Å². The zero-order chi connectivity index (χ0) is 23.8. The lowest BCUT2D eigenvalue weighted by molar-refractivity contribution is 0.114. The fraction of sp³-hybridized carbons (Fsp3) is 0.167. The van der Waals surface area contributed by atoms with Gasteiger partial charge in [-0.25, -0.2) is 19.2 Å². The van der Waals surface area contributed by atoms with Gasteiger partial charge in [0, 0.05) is 35.3 Å². The Kier molecular flexibility index (Phi) is 5.33. The minimum absolute atomic E-state index is 0.244. The van der Waals surface area contributed by atoms with Crippen LogP contribution in [0, 0.1) is 12.7 Å². The zero-order valence-corrected chi connectivity index (χ0v) is 18.7. The number of ether oxygens (including phenoxy) is 1. The largest absolute Gasteiger partial charge is 0.445 e. The highest BCUT2D eigenvalue weighted by Crippen LogP contribution is 2.30. The molecule has 5 aromatic heterocycles. The molecular formula is C24H20FN7O2. The van der Waals surface area contributed by atoms with Gasteiger partial charge in [-0.05, 0) is 51.1 Å². The van der Waals surface area contributed by atoms with Crippen LogP contribution in [0.4, 0.5) is 9.18 Å². The van der Waals surface area contributed by atoms with E-state index in [1.165, 1.54) is 6.07 Å². The van der Waals surface area contributed by atoms with Crippen molar-refractivity contribution in [3.05, 3.63) is 66.6 Å². The molecule has 0 aliphatic rings. The molecule has 0 aliphatic carbocycles. The second-order valence-electron chi connectivity index (χ2n) is 7.98. The lowest BCUT2D eigenvalue weighted by atomic mass is 10.1. The van der Waals surface area contributed by atoms with Gasteiger partial charge < -0.3 is 4.74 Å². The monoisotopic (exact) mass is 457 g/mol. The van der Waals surface area contributed by atoms with Gasteiger partial charge in [-0.2, -0.15) is 14.9 Å². The van der Waals surface area contributed by atoms with Crippen LogP contribution >= 0.6 is 0 Å². The molecule has 9 nitrogen and oxygen atoms in total. The van der Waals surface area contributed by atoms with E-state index in [0.29, 0.717) is 39.4 Å².